The minimum atomic E-state index is -1.48. The molecule has 0 amide bonds. The zero-order valence-corrected chi connectivity index (χ0v) is 17.7. The summed E-state index contributed by atoms with van der Waals surface area (Å²) >= 11 is 0. The maximum Gasteiger partial charge on any atom is 0.159 e. The smallest absolute Gasteiger partial charge is 0.159 e. The summed E-state index contributed by atoms with van der Waals surface area (Å²) in [5.41, 5.74) is 0.900. The normalized spacial score (nSPS) is 24.8. The third-order valence-electron chi connectivity index (χ3n) is 5.31. The molecule has 0 aromatic carbocycles. The summed E-state index contributed by atoms with van der Waals surface area (Å²) in [6, 6.07) is -0.926. The number of aliphatic imine (C=N–C) groups is 1. The van der Waals surface area contributed by atoms with Gasteiger partial charge in [-0.25, -0.2) is 8.78 Å². The fourth-order valence-electron chi connectivity index (χ4n) is 3.44. The zero-order valence-electron chi connectivity index (χ0n) is 17.7. The van der Waals surface area contributed by atoms with Crippen LogP contribution in [0.1, 0.15) is 6.42 Å². The van der Waals surface area contributed by atoms with E-state index in [1.165, 1.54) is 6.08 Å². The molecule has 31 heavy (non-hydrogen) atoms. The van der Waals surface area contributed by atoms with Gasteiger partial charge in [-0.15, -0.1) is 0 Å². The van der Waals surface area contributed by atoms with Crippen LogP contribution in [0.5, 0.6) is 0 Å². The van der Waals surface area contributed by atoms with Gasteiger partial charge in [0, 0.05) is 44.0 Å². The number of halogens is 2. The summed E-state index contributed by atoms with van der Waals surface area (Å²) in [7, 11) is 1.69. The Hall–Kier alpha value is -2.55. The van der Waals surface area contributed by atoms with Crippen molar-refractivity contribution in [3.8, 4) is 0 Å². The highest BCUT2D eigenvalue weighted by Gasteiger charge is 2.28. The highest BCUT2D eigenvalue weighted by molar-refractivity contribution is 5.67. The van der Waals surface area contributed by atoms with Crippen LogP contribution in [0.2, 0.25) is 0 Å². The van der Waals surface area contributed by atoms with E-state index in [1.807, 2.05) is 0 Å². The molecule has 0 bridgehead atoms. The molecule has 3 unspecified atom stereocenters. The number of hydrogen-bond donors (Lipinski definition) is 3. The van der Waals surface area contributed by atoms with Gasteiger partial charge in [0.15, 0.2) is 6.29 Å². The molecule has 0 radical (unpaired) electrons. The number of hydrogen-bond acceptors (Lipinski definition) is 6. The lowest BCUT2D eigenvalue weighted by Crippen LogP contribution is -2.45. The van der Waals surface area contributed by atoms with Gasteiger partial charge in [-0.2, -0.15) is 0 Å². The Morgan fingerprint density at radius 1 is 1.48 bits per heavy atom. The first kappa shape index (κ1) is 24.7. The Balaban J connectivity index is 2.08. The van der Waals surface area contributed by atoms with Crippen LogP contribution in [-0.2, 0) is 4.74 Å². The predicted molar refractivity (Wildman–Crippen MR) is 118 cm³/mol. The van der Waals surface area contributed by atoms with E-state index in [0.717, 1.165) is 18.1 Å². The number of likely N-dealkylation sites (N-methyl/N-ethyl adjacent to an activating group) is 1. The van der Waals surface area contributed by atoms with Crippen molar-refractivity contribution < 1.29 is 23.7 Å². The van der Waals surface area contributed by atoms with Crippen LogP contribution >= 0.6 is 0 Å². The van der Waals surface area contributed by atoms with Gasteiger partial charge in [0.1, 0.15) is 18.3 Å². The quantitative estimate of drug-likeness (QED) is 0.344. The molecule has 0 aliphatic carbocycles. The zero-order chi connectivity index (χ0) is 22.8. The maximum atomic E-state index is 13.3. The van der Waals surface area contributed by atoms with Crippen LogP contribution in [0.3, 0.4) is 0 Å². The van der Waals surface area contributed by atoms with Crippen LogP contribution in [0.15, 0.2) is 78.1 Å². The molecular weight excluding hydrogens is 404 g/mol. The van der Waals surface area contributed by atoms with Crippen LogP contribution in [0.4, 0.5) is 8.78 Å². The Bertz CT molecular complexity index is 774. The van der Waals surface area contributed by atoms with Gasteiger partial charge in [-0.1, -0.05) is 31.4 Å². The number of nitrogens with zero attached hydrogens (tertiary/aromatic N) is 2. The molecule has 0 saturated heterocycles. The molecule has 8 heteroatoms. The molecule has 0 fully saturated rings. The van der Waals surface area contributed by atoms with Crippen molar-refractivity contribution in [1.82, 2.24) is 10.2 Å². The lowest BCUT2D eigenvalue weighted by Gasteiger charge is -2.31. The van der Waals surface area contributed by atoms with Gasteiger partial charge in [-0.3, -0.25) is 4.99 Å². The lowest BCUT2D eigenvalue weighted by atomic mass is 9.91. The average molecular weight is 436 g/mol. The molecule has 2 aliphatic rings. The summed E-state index contributed by atoms with van der Waals surface area (Å²) < 4.78 is 31.9. The molecule has 0 saturated carbocycles. The van der Waals surface area contributed by atoms with Gasteiger partial charge in [0.2, 0.25) is 0 Å². The van der Waals surface area contributed by atoms with Gasteiger partial charge in [-0.05, 0) is 24.1 Å². The Morgan fingerprint density at radius 3 is 2.90 bits per heavy atom. The summed E-state index contributed by atoms with van der Waals surface area (Å²) in [5, 5.41) is 22.5. The van der Waals surface area contributed by atoms with E-state index in [1.54, 1.807) is 48.8 Å². The first-order valence-corrected chi connectivity index (χ1v) is 10.1. The van der Waals surface area contributed by atoms with Crippen molar-refractivity contribution >= 4 is 6.21 Å². The third-order valence-corrected chi connectivity index (χ3v) is 5.31. The van der Waals surface area contributed by atoms with E-state index in [9.17, 15) is 19.0 Å². The molecule has 170 valence electrons. The number of ether oxygens (including phenoxy) is 1. The van der Waals surface area contributed by atoms with Gasteiger partial charge >= 0.3 is 0 Å². The molecule has 2 rings (SSSR count). The molecule has 6 nitrogen and oxygen atoms in total. The molecule has 4 atom stereocenters. The summed E-state index contributed by atoms with van der Waals surface area (Å²) in [4.78, 5) is 5.70. The molecule has 0 spiro atoms. The average Bonchev–Trinajstić information content (AvgIpc) is 2.76. The van der Waals surface area contributed by atoms with Crippen LogP contribution < -0.4 is 5.32 Å². The number of aliphatic hydroxyl groups is 2. The highest BCUT2D eigenvalue weighted by Crippen LogP contribution is 2.27. The number of alkyl halides is 1. The molecule has 0 aromatic rings. The molecule has 0 aromatic heterocycles. The number of rotatable bonds is 11. The van der Waals surface area contributed by atoms with Crippen LogP contribution in [-0.4, -0.2) is 66.6 Å². The molecule has 2 heterocycles. The number of aliphatic hydroxyl groups excluding tert-OH is 1. The van der Waals surface area contributed by atoms with Gasteiger partial charge in [0.25, 0.3) is 0 Å². The second-order valence-electron chi connectivity index (χ2n) is 7.43. The van der Waals surface area contributed by atoms with Gasteiger partial charge < -0.3 is 25.2 Å². The second kappa shape index (κ2) is 12.3. The van der Waals surface area contributed by atoms with Crippen LogP contribution in [0.25, 0.3) is 0 Å². The maximum absolute atomic E-state index is 13.3. The molecule has 3 N–H and O–H groups in total. The van der Waals surface area contributed by atoms with Crippen molar-refractivity contribution in [2.45, 2.75) is 24.8 Å². The fourth-order valence-corrected chi connectivity index (χ4v) is 3.44. The van der Waals surface area contributed by atoms with Gasteiger partial charge in [0.05, 0.1) is 18.7 Å². The van der Waals surface area contributed by atoms with E-state index >= 15 is 0 Å². The second-order valence-corrected chi connectivity index (χ2v) is 7.43. The van der Waals surface area contributed by atoms with E-state index < -0.39 is 30.8 Å². The van der Waals surface area contributed by atoms with Crippen molar-refractivity contribution in [3.05, 3.63) is 73.1 Å². The first-order chi connectivity index (χ1) is 14.9. The molecule has 2 aliphatic heterocycles. The van der Waals surface area contributed by atoms with E-state index in [-0.39, 0.29) is 12.0 Å². The number of nitrogens with one attached hydrogen (secondary N) is 1. The minimum Gasteiger partial charge on any atom is -0.493 e. The fraction of sp³-hybridized carbons (Fsp3) is 0.435. The van der Waals surface area contributed by atoms with E-state index in [0.29, 0.717) is 18.9 Å². The topological polar surface area (TPSA) is 77.3 Å². The number of allylic oxidation sites excluding steroid dienone is 4. The SMILES string of the molecule is C=CC1=C(/C=C/N(C)C(/C=C\C(=C)F)CF)OCC[C@H]1CNC1C=NC=CC1C(O)O. The van der Waals surface area contributed by atoms with Crippen molar-refractivity contribution in [1.29, 1.82) is 0 Å². The van der Waals surface area contributed by atoms with Crippen molar-refractivity contribution in [2.24, 2.45) is 16.8 Å². The standard InChI is InChI=1S/C23H31F2N3O3/c1-4-19-17(14-27-21-15-26-10-7-20(21)23(29)30)9-12-31-22(19)8-11-28(3)18(13-24)6-5-16(2)25/h4-8,10-11,15,17-18,20-21,23,27,29-30H,1-2,9,12-14H2,3H3/b6-5-,11-8+/t17-,18?,20?,21?/m0/s1. The first-order valence-electron chi connectivity index (χ1n) is 10.1. The summed E-state index contributed by atoms with van der Waals surface area (Å²) in [5.74, 6) is -0.383. The van der Waals surface area contributed by atoms with E-state index in [4.69, 9.17) is 4.74 Å². The monoisotopic (exact) mass is 435 g/mol. The molecular formula is C23H31F2N3O3. The summed E-state index contributed by atoms with van der Waals surface area (Å²) in [6.07, 6.45) is 11.9. The lowest BCUT2D eigenvalue weighted by molar-refractivity contribution is -0.0737. The summed E-state index contributed by atoms with van der Waals surface area (Å²) in [6.45, 7) is 7.43. The minimum absolute atomic E-state index is 0.0960. The Morgan fingerprint density at radius 2 is 2.26 bits per heavy atom. The van der Waals surface area contributed by atoms with Crippen molar-refractivity contribution in [3.63, 3.8) is 0 Å². The largest absolute Gasteiger partial charge is 0.493 e. The predicted octanol–water partition coefficient (Wildman–Crippen LogP) is 2.77. The Labute approximate surface area is 182 Å². The third kappa shape index (κ3) is 7.27. The van der Waals surface area contributed by atoms with E-state index in [2.05, 4.69) is 23.5 Å². The Kier molecular flexibility index (Phi) is 9.84. The van der Waals surface area contributed by atoms with Crippen molar-refractivity contribution in [2.75, 3.05) is 26.9 Å². The van der Waals surface area contributed by atoms with Crippen LogP contribution in [0, 0.1) is 11.8 Å². The highest BCUT2D eigenvalue weighted by atomic mass is 19.1.